The third-order valence-electron chi connectivity index (χ3n) is 6.86. The minimum atomic E-state index is 0.663. The topological polar surface area (TPSA) is 54.2 Å². The quantitative estimate of drug-likeness (QED) is 0.431. The van der Waals surface area contributed by atoms with Gasteiger partial charge in [0.05, 0.1) is 26.0 Å². The van der Waals surface area contributed by atoms with Crippen LogP contribution in [0.1, 0.15) is 29.7 Å². The Kier molecular flexibility index (Phi) is 7.85. The highest BCUT2D eigenvalue weighted by Crippen LogP contribution is 2.25. The van der Waals surface area contributed by atoms with Gasteiger partial charge in [-0.25, -0.2) is 0 Å². The maximum Gasteiger partial charge on any atom is 0.298 e. The molecule has 0 atom stereocenters. The molecule has 1 aromatic heterocycles. The van der Waals surface area contributed by atoms with Crippen LogP contribution in [0.25, 0.3) is 0 Å². The van der Waals surface area contributed by atoms with Gasteiger partial charge in [0.25, 0.3) is 6.01 Å². The number of morpholine rings is 1. The first-order valence-electron chi connectivity index (χ1n) is 12.7. The first-order valence-corrected chi connectivity index (χ1v) is 12.7. The van der Waals surface area contributed by atoms with E-state index in [9.17, 15) is 0 Å². The van der Waals surface area contributed by atoms with Gasteiger partial charge < -0.3 is 23.7 Å². The van der Waals surface area contributed by atoms with Crippen LogP contribution in [0.5, 0.6) is 5.75 Å². The molecule has 2 aliphatic heterocycles. The molecule has 0 unspecified atom stereocenters. The highest BCUT2D eigenvalue weighted by Gasteiger charge is 2.18. The van der Waals surface area contributed by atoms with Crippen molar-refractivity contribution in [1.82, 2.24) is 9.88 Å². The van der Waals surface area contributed by atoms with Crippen molar-refractivity contribution in [3.8, 4) is 5.75 Å². The summed E-state index contributed by atoms with van der Waals surface area (Å²) in [5.41, 5.74) is 4.71. The van der Waals surface area contributed by atoms with Gasteiger partial charge in [-0.05, 0) is 48.2 Å². The average Bonchev–Trinajstić information content (AvgIpc) is 3.61. The highest BCUT2D eigenvalue weighted by molar-refractivity contribution is 5.50. The lowest BCUT2D eigenvalue weighted by Gasteiger charge is -2.26. The van der Waals surface area contributed by atoms with Gasteiger partial charge in [-0.3, -0.25) is 4.90 Å². The maximum absolute atomic E-state index is 6.03. The minimum absolute atomic E-state index is 0.663. The molecule has 2 fully saturated rings. The highest BCUT2D eigenvalue weighted by atomic mass is 16.5. The number of aromatic nitrogens is 1. The lowest BCUT2D eigenvalue weighted by Crippen LogP contribution is -2.37. The summed E-state index contributed by atoms with van der Waals surface area (Å²) < 4.78 is 16.9. The van der Waals surface area contributed by atoms with Gasteiger partial charge in [-0.15, -0.1) is 0 Å². The van der Waals surface area contributed by atoms with Gasteiger partial charge in [0.15, 0.2) is 0 Å². The van der Waals surface area contributed by atoms with Gasteiger partial charge in [-0.2, -0.15) is 4.98 Å². The summed E-state index contributed by atoms with van der Waals surface area (Å²) in [5, 5.41) is 0. The van der Waals surface area contributed by atoms with E-state index >= 15 is 0 Å². The van der Waals surface area contributed by atoms with Gasteiger partial charge in [-0.1, -0.05) is 24.3 Å². The Morgan fingerprint density at radius 2 is 1.69 bits per heavy atom. The van der Waals surface area contributed by atoms with E-state index in [2.05, 4.69) is 51.1 Å². The van der Waals surface area contributed by atoms with Crippen LogP contribution in [0.4, 0.5) is 11.7 Å². The minimum Gasteiger partial charge on any atom is -0.497 e. The van der Waals surface area contributed by atoms with E-state index in [4.69, 9.17) is 18.9 Å². The van der Waals surface area contributed by atoms with E-state index < -0.39 is 0 Å². The second-order valence-electron chi connectivity index (χ2n) is 9.40. The Morgan fingerprint density at radius 3 is 2.46 bits per heavy atom. The summed E-state index contributed by atoms with van der Waals surface area (Å²) in [6.07, 6.45) is 5.24. The number of benzene rings is 2. The molecule has 186 valence electrons. The van der Waals surface area contributed by atoms with Gasteiger partial charge in [0, 0.05) is 57.9 Å². The van der Waals surface area contributed by atoms with Gasteiger partial charge in [0.2, 0.25) is 0 Å². The summed E-state index contributed by atoms with van der Waals surface area (Å²) >= 11 is 0. The Balaban J connectivity index is 1.33. The molecule has 2 aliphatic rings. The van der Waals surface area contributed by atoms with Crippen LogP contribution in [0, 0.1) is 0 Å². The molecule has 0 aliphatic carbocycles. The van der Waals surface area contributed by atoms with Crippen LogP contribution in [0.15, 0.2) is 59.2 Å². The number of anilines is 2. The Bertz CT molecular complexity index is 1070. The first-order chi connectivity index (χ1) is 17.3. The van der Waals surface area contributed by atoms with E-state index in [1.54, 1.807) is 7.11 Å². The van der Waals surface area contributed by atoms with Crippen LogP contribution in [0.2, 0.25) is 0 Å². The summed E-state index contributed by atoms with van der Waals surface area (Å²) in [6.45, 7) is 8.27. The molecule has 0 N–H and O–H groups in total. The van der Waals surface area contributed by atoms with E-state index in [-0.39, 0.29) is 0 Å². The zero-order valence-corrected chi connectivity index (χ0v) is 20.7. The third kappa shape index (κ3) is 6.35. The maximum atomic E-state index is 6.03. The van der Waals surface area contributed by atoms with Crippen molar-refractivity contribution in [3.63, 3.8) is 0 Å². The zero-order valence-electron chi connectivity index (χ0n) is 20.7. The smallest absolute Gasteiger partial charge is 0.298 e. The number of oxazole rings is 1. The molecule has 0 bridgehead atoms. The van der Waals surface area contributed by atoms with Crippen LogP contribution in [-0.2, 0) is 24.2 Å². The second kappa shape index (κ2) is 11.6. The number of ether oxygens (including phenoxy) is 2. The van der Waals surface area contributed by atoms with Gasteiger partial charge in [0.1, 0.15) is 12.0 Å². The molecule has 0 saturated carbocycles. The SMILES string of the molecule is COc1cccc(CN(Cc2cccc(N3CCCC3)c2)c2nc(CCN3CCOCC3)co2)c1. The van der Waals surface area contributed by atoms with E-state index in [0.717, 1.165) is 75.9 Å². The fourth-order valence-corrected chi connectivity index (χ4v) is 4.88. The largest absolute Gasteiger partial charge is 0.497 e. The lowest BCUT2D eigenvalue weighted by molar-refractivity contribution is 0.0383. The van der Waals surface area contributed by atoms with Crippen molar-refractivity contribution >= 4 is 11.7 Å². The predicted octanol–water partition coefficient (Wildman–Crippen LogP) is 4.36. The summed E-state index contributed by atoms with van der Waals surface area (Å²) in [5.74, 6) is 0.858. The molecule has 2 saturated heterocycles. The Labute approximate surface area is 208 Å². The molecular weight excluding hydrogens is 440 g/mol. The molecule has 2 aromatic carbocycles. The van der Waals surface area contributed by atoms with Crippen molar-refractivity contribution < 1.29 is 13.9 Å². The van der Waals surface area contributed by atoms with E-state index in [1.165, 1.54) is 24.1 Å². The number of hydrogen-bond donors (Lipinski definition) is 0. The monoisotopic (exact) mass is 476 g/mol. The first kappa shape index (κ1) is 23.7. The fraction of sp³-hybridized carbons (Fsp3) is 0.464. The molecular formula is C28H36N4O3. The third-order valence-corrected chi connectivity index (χ3v) is 6.86. The van der Waals surface area contributed by atoms with Crippen molar-refractivity contribution in [1.29, 1.82) is 0 Å². The summed E-state index contributed by atoms with van der Waals surface area (Å²) in [4.78, 5) is 12.0. The molecule has 0 spiro atoms. The molecule has 35 heavy (non-hydrogen) atoms. The molecule has 3 heterocycles. The molecule has 5 rings (SSSR count). The average molecular weight is 477 g/mol. The van der Waals surface area contributed by atoms with Crippen molar-refractivity contribution in [2.75, 3.05) is 62.8 Å². The van der Waals surface area contributed by atoms with Crippen molar-refractivity contribution in [2.45, 2.75) is 32.4 Å². The Hall–Kier alpha value is -3.03. The second-order valence-corrected chi connectivity index (χ2v) is 9.40. The lowest BCUT2D eigenvalue weighted by atomic mass is 10.1. The van der Waals surface area contributed by atoms with Crippen LogP contribution < -0.4 is 14.5 Å². The van der Waals surface area contributed by atoms with Gasteiger partial charge >= 0.3 is 0 Å². The molecule has 3 aromatic rings. The van der Waals surface area contributed by atoms with Crippen LogP contribution in [0.3, 0.4) is 0 Å². The molecule has 0 radical (unpaired) electrons. The molecule has 0 amide bonds. The zero-order chi connectivity index (χ0) is 23.9. The number of rotatable bonds is 10. The van der Waals surface area contributed by atoms with Crippen molar-refractivity contribution in [2.24, 2.45) is 0 Å². The molecule has 7 heteroatoms. The standard InChI is InChI=1S/C28H36N4O3/c1-33-27-9-5-7-24(19-27)21-32(20-23-6-4-8-26(18-23)31-11-2-3-12-31)28-29-25(22-35-28)10-13-30-14-16-34-17-15-30/h4-9,18-19,22H,2-3,10-17,20-21H2,1H3. The Morgan fingerprint density at radius 1 is 0.943 bits per heavy atom. The van der Waals surface area contributed by atoms with E-state index in [1.807, 2.05) is 18.4 Å². The summed E-state index contributed by atoms with van der Waals surface area (Å²) in [6, 6.07) is 17.8. The predicted molar refractivity (Wildman–Crippen MR) is 138 cm³/mol. The number of hydrogen-bond acceptors (Lipinski definition) is 7. The van der Waals surface area contributed by atoms with Crippen LogP contribution in [-0.4, -0.2) is 62.9 Å². The van der Waals surface area contributed by atoms with Crippen molar-refractivity contribution in [3.05, 3.63) is 71.6 Å². The normalized spacial score (nSPS) is 16.5. The fourth-order valence-electron chi connectivity index (χ4n) is 4.88. The van der Waals surface area contributed by atoms with Crippen LogP contribution >= 0.6 is 0 Å². The van der Waals surface area contributed by atoms with E-state index in [0.29, 0.717) is 12.6 Å². The number of methoxy groups -OCH3 is 1. The summed E-state index contributed by atoms with van der Waals surface area (Å²) in [7, 11) is 1.70. The molecule has 7 nitrogen and oxygen atoms in total. The number of nitrogens with zero attached hydrogens (tertiary/aromatic N) is 4.